The molecule has 0 radical (unpaired) electrons. The van der Waals surface area contributed by atoms with Crippen molar-refractivity contribution in [3.05, 3.63) is 34.9 Å². The Labute approximate surface area is 132 Å². The molecule has 2 fully saturated rings. The number of aryl methyl sites for hydroxylation is 2. The number of nitrogens with zero attached hydrogens (tertiary/aromatic N) is 2. The molecule has 1 aromatic carbocycles. The minimum Gasteiger partial charge on any atom is -0.337 e. The van der Waals surface area contributed by atoms with Gasteiger partial charge in [-0.3, -0.25) is 9.69 Å². The Balaban J connectivity index is 1.43. The molecule has 22 heavy (non-hydrogen) atoms. The number of hydrogen-bond donors (Lipinski definition) is 1. The van der Waals surface area contributed by atoms with Gasteiger partial charge < -0.3 is 10.2 Å². The van der Waals surface area contributed by atoms with Crippen molar-refractivity contribution in [2.24, 2.45) is 0 Å². The fourth-order valence-corrected chi connectivity index (χ4v) is 4.16. The maximum atomic E-state index is 12.8. The number of likely N-dealkylation sites (tertiary alicyclic amines) is 1. The zero-order valence-electron chi connectivity index (χ0n) is 13.2. The number of amides is 1. The first-order valence-electron chi connectivity index (χ1n) is 8.67. The maximum Gasteiger partial charge on any atom is 0.253 e. The SMILES string of the molecule is O=C(c1ccc2c(c1)CCC2)N1CCC(N2CCNCC2)C1. The largest absolute Gasteiger partial charge is 0.337 e. The zero-order chi connectivity index (χ0) is 14.9. The number of benzene rings is 1. The average molecular weight is 299 g/mol. The highest BCUT2D eigenvalue weighted by Crippen LogP contribution is 2.25. The van der Waals surface area contributed by atoms with Gasteiger partial charge >= 0.3 is 0 Å². The molecule has 0 aromatic heterocycles. The van der Waals surface area contributed by atoms with Gasteiger partial charge in [0.1, 0.15) is 0 Å². The molecule has 4 nitrogen and oxygen atoms in total. The van der Waals surface area contributed by atoms with Crippen LogP contribution in [0.3, 0.4) is 0 Å². The van der Waals surface area contributed by atoms with E-state index in [1.165, 1.54) is 24.0 Å². The van der Waals surface area contributed by atoms with Crippen molar-refractivity contribution in [3.8, 4) is 0 Å². The Kier molecular flexibility index (Phi) is 3.89. The van der Waals surface area contributed by atoms with Gasteiger partial charge in [0.05, 0.1) is 0 Å². The third-order valence-electron chi connectivity index (χ3n) is 5.46. The molecule has 118 valence electrons. The second kappa shape index (κ2) is 6.01. The Morgan fingerprint density at radius 1 is 1.09 bits per heavy atom. The number of carbonyl (C=O) groups excluding carboxylic acids is 1. The standard InChI is InChI=1S/C18H25N3O/c22-18(16-5-4-14-2-1-3-15(14)12-16)21-9-6-17(13-21)20-10-7-19-8-11-20/h4-5,12,17,19H,1-3,6-11,13H2. The monoisotopic (exact) mass is 299 g/mol. The summed E-state index contributed by atoms with van der Waals surface area (Å²) in [5, 5.41) is 3.40. The van der Waals surface area contributed by atoms with E-state index in [1.54, 1.807) is 0 Å². The molecule has 1 N–H and O–H groups in total. The summed E-state index contributed by atoms with van der Waals surface area (Å²) in [6.45, 7) is 6.20. The Bertz CT molecular complexity index is 565. The summed E-state index contributed by atoms with van der Waals surface area (Å²) < 4.78 is 0. The molecule has 3 aliphatic rings. The lowest BCUT2D eigenvalue weighted by molar-refractivity contribution is 0.0773. The molecule has 1 aromatic rings. The fourth-order valence-electron chi connectivity index (χ4n) is 4.16. The van der Waals surface area contributed by atoms with Gasteiger partial charge in [-0.05, 0) is 48.9 Å². The van der Waals surface area contributed by atoms with Gasteiger partial charge in [0.25, 0.3) is 5.91 Å². The van der Waals surface area contributed by atoms with Crippen molar-refractivity contribution < 1.29 is 4.79 Å². The van der Waals surface area contributed by atoms with E-state index >= 15 is 0 Å². The van der Waals surface area contributed by atoms with Crippen molar-refractivity contribution >= 4 is 5.91 Å². The lowest BCUT2D eigenvalue weighted by atomic mass is 10.1. The van der Waals surface area contributed by atoms with Crippen LogP contribution in [-0.4, -0.2) is 61.0 Å². The predicted octanol–water partition coefficient (Wildman–Crippen LogP) is 1.29. The summed E-state index contributed by atoms with van der Waals surface area (Å²) >= 11 is 0. The highest BCUT2D eigenvalue weighted by molar-refractivity contribution is 5.94. The molecular weight excluding hydrogens is 274 g/mol. The molecule has 4 heteroatoms. The summed E-state index contributed by atoms with van der Waals surface area (Å²) in [7, 11) is 0. The van der Waals surface area contributed by atoms with E-state index in [1.807, 2.05) is 6.07 Å². The third kappa shape index (κ3) is 2.66. The van der Waals surface area contributed by atoms with Crippen LogP contribution in [0, 0.1) is 0 Å². The minimum absolute atomic E-state index is 0.229. The van der Waals surface area contributed by atoms with E-state index in [4.69, 9.17) is 0 Å². The summed E-state index contributed by atoms with van der Waals surface area (Å²) in [5.74, 6) is 0.229. The van der Waals surface area contributed by atoms with Crippen molar-refractivity contribution in [1.82, 2.24) is 15.1 Å². The molecule has 1 atom stereocenters. The molecule has 1 amide bonds. The summed E-state index contributed by atoms with van der Waals surface area (Å²) in [5.41, 5.74) is 3.72. The third-order valence-corrected chi connectivity index (χ3v) is 5.46. The maximum absolute atomic E-state index is 12.8. The first kappa shape index (κ1) is 14.2. The van der Waals surface area contributed by atoms with E-state index < -0.39 is 0 Å². The number of fused-ring (bicyclic) bond motifs is 1. The molecule has 0 spiro atoms. The van der Waals surface area contributed by atoms with Crippen LogP contribution in [0.25, 0.3) is 0 Å². The normalized spacial score (nSPS) is 25.5. The number of rotatable bonds is 2. The molecule has 1 unspecified atom stereocenters. The number of nitrogens with one attached hydrogen (secondary N) is 1. The van der Waals surface area contributed by atoms with E-state index in [2.05, 4.69) is 27.2 Å². The summed E-state index contributed by atoms with van der Waals surface area (Å²) in [6.07, 6.45) is 4.68. The van der Waals surface area contributed by atoms with Crippen LogP contribution in [0.4, 0.5) is 0 Å². The number of hydrogen-bond acceptors (Lipinski definition) is 3. The van der Waals surface area contributed by atoms with E-state index in [-0.39, 0.29) is 5.91 Å². The van der Waals surface area contributed by atoms with Gasteiger partial charge in [-0.25, -0.2) is 0 Å². The highest BCUT2D eigenvalue weighted by atomic mass is 16.2. The molecule has 2 aliphatic heterocycles. The van der Waals surface area contributed by atoms with Crippen LogP contribution < -0.4 is 5.32 Å². The smallest absolute Gasteiger partial charge is 0.253 e. The van der Waals surface area contributed by atoms with Gasteiger partial charge in [-0.15, -0.1) is 0 Å². The van der Waals surface area contributed by atoms with Gasteiger partial charge in [0, 0.05) is 50.9 Å². The lowest BCUT2D eigenvalue weighted by Crippen LogP contribution is -2.49. The van der Waals surface area contributed by atoms with E-state index in [0.717, 1.165) is 57.7 Å². The molecule has 1 aliphatic carbocycles. The van der Waals surface area contributed by atoms with Gasteiger partial charge in [-0.2, -0.15) is 0 Å². The van der Waals surface area contributed by atoms with Crippen LogP contribution in [0.2, 0.25) is 0 Å². The van der Waals surface area contributed by atoms with Crippen molar-refractivity contribution in [3.63, 3.8) is 0 Å². The van der Waals surface area contributed by atoms with E-state index in [0.29, 0.717) is 6.04 Å². The topological polar surface area (TPSA) is 35.6 Å². The van der Waals surface area contributed by atoms with E-state index in [9.17, 15) is 4.79 Å². The molecule has 0 bridgehead atoms. The van der Waals surface area contributed by atoms with Crippen LogP contribution >= 0.6 is 0 Å². The molecule has 2 saturated heterocycles. The van der Waals surface area contributed by atoms with Crippen LogP contribution in [0.15, 0.2) is 18.2 Å². The Hall–Kier alpha value is -1.39. The molecule has 4 rings (SSSR count). The second-order valence-electron chi connectivity index (χ2n) is 6.82. The van der Waals surface area contributed by atoms with Gasteiger partial charge in [0.15, 0.2) is 0 Å². The van der Waals surface area contributed by atoms with Crippen molar-refractivity contribution in [1.29, 1.82) is 0 Å². The van der Waals surface area contributed by atoms with Gasteiger partial charge in [-0.1, -0.05) is 6.07 Å². The van der Waals surface area contributed by atoms with Gasteiger partial charge in [0.2, 0.25) is 0 Å². The predicted molar refractivity (Wildman–Crippen MR) is 87.2 cm³/mol. The summed E-state index contributed by atoms with van der Waals surface area (Å²) in [4.78, 5) is 17.4. The minimum atomic E-state index is 0.229. The first-order valence-corrected chi connectivity index (χ1v) is 8.67. The molecular formula is C18H25N3O. The Morgan fingerprint density at radius 3 is 2.77 bits per heavy atom. The van der Waals surface area contributed by atoms with Crippen LogP contribution in [-0.2, 0) is 12.8 Å². The van der Waals surface area contributed by atoms with Crippen LogP contribution in [0.5, 0.6) is 0 Å². The highest BCUT2D eigenvalue weighted by Gasteiger charge is 2.31. The first-order chi connectivity index (χ1) is 10.8. The Morgan fingerprint density at radius 2 is 1.91 bits per heavy atom. The van der Waals surface area contributed by atoms with Crippen molar-refractivity contribution in [2.45, 2.75) is 31.7 Å². The van der Waals surface area contributed by atoms with Crippen LogP contribution in [0.1, 0.15) is 34.3 Å². The lowest BCUT2D eigenvalue weighted by Gasteiger charge is -2.32. The quantitative estimate of drug-likeness (QED) is 0.894. The van der Waals surface area contributed by atoms with Crippen molar-refractivity contribution in [2.75, 3.05) is 39.3 Å². The second-order valence-corrected chi connectivity index (χ2v) is 6.82. The fraction of sp³-hybridized carbons (Fsp3) is 0.611. The molecule has 2 heterocycles. The zero-order valence-corrected chi connectivity index (χ0v) is 13.2. The number of piperazine rings is 1. The molecule has 0 saturated carbocycles. The summed E-state index contributed by atoms with van der Waals surface area (Å²) in [6, 6.07) is 6.90. The average Bonchev–Trinajstić information content (AvgIpc) is 3.23. The number of carbonyl (C=O) groups is 1.